The molecule has 0 amide bonds. The maximum atomic E-state index is 12.4. The van der Waals surface area contributed by atoms with Crippen molar-refractivity contribution < 1.29 is 13.9 Å². The van der Waals surface area contributed by atoms with E-state index in [-0.39, 0.29) is 5.63 Å². The smallest absolute Gasteiger partial charge is 0.339 e. The molecule has 0 N–H and O–H groups in total. The number of ether oxygens (including phenoxy) is 2. The molecule has 1 aromatic carbocycles. The summed E-state index contributed by atoms with van der Waals surface area (Å²) in [6.07, 6.45) is 2.72. The molecule has 1 aliphatic heterocycles. The van der Waals surface area contributed by atoms with Gasteiger partial charge in [0.15, 0.2) is 0 Å². The van der Waals surface area contributed by atoms with Crippen LogP contribution in [0.15, 0.2) is 27.4 Å². The van der Waals surface area contributed by atoms with Gasteiger partial charge in [0.2, 0.25) is 5.88 Å². The first-order valence-corrected chi connectivity index (χ1v) is 12.2. The molecule has 4 heterocycles. The molecule has 4 aromatic rings. The third-order valence-electron chi connectivity index (χ3n) is 6.67. The first-order chi connectivity index (χ1) is 16.1. The third kappa shape index (κ3) is 3.72. The predicted octanol–water partition coefficient (Wildman–Crippen LogP) is 4.53. The van der Waals surface area contributed by atoms with E-state index in [0.29, 0.717) is 23.8 Å². The molecule has 6 rings (SSSR count). The molecule has 7 nitrogen and oxygen atoms in total. The van der Waals surface area contributed by atoms with E-state index < -0.39 is 0 Å². The fraction of sp³-hybridized carbons (Fsp3) is 0.400. The minimum atomic E-state index is -0.228. The fourth-order valence-electron chi connectivity index (χ4n) is 4.80. The lowest BCUT2D eigenvalue weighted by atomic mass is 10.1. The van der Waals surface area contributed by atoms with E-state index >= 15 is 0 Å². The van der Waals surface area contributed by atoms with Crippen LogP contribution in [0.4, 0.5) is 0 Å². The van der Waals surface area contributed by atoms with Crippen LogP contribution in [0.25, 0.3) is 21.2 Å². The Morgan fingerprint density at radius 3 is 2.79 bits per heavy atom. The molecule has 0 spiro atoms. The average Bonchev–Trinajstić information content (AvgIpc) is 3.40. The molecule has 1 aliphatic carbocycles. The van der Waals surface area contributed by atoms with E-state index in [1.54, 1.807) is 17.4 Å². The van der Waals surface area contributed by atoms with Crippen LogP contribution < -0.4 is 10.4 Å². The number of morpholine rings is 1. The zero-order valence-electron chi connectivity index (χ0n) is 18.8. The van der Waals surface area contributed by atoms with Crippen LogP contribution in [0.5, 0.6) is 11.6 Å². The standard InChI is InChI=1S/C25H25N3O4S/c1-14-15(2)33-24-22(14)23(26-21(27-24)13-28-8-10-30-11-9-28)31-16-6-7-18-17-4-3-5-19(17)25(29)32-20(18)12-16/h6-7,12H,3-5,8-11,13H2,1-2H3. The number of hydrogen-bond donors (Lipinski definition) is 0. The highest BCUT2D eigenvalue weighted by molar-refractivity contribution is 7.18. The van der Waals surface area contributed by atoms with Crippen molar-refractivity contribution in [3.63, 3.8) is 0 Å². The van der Waals surface area contributed by atoms with Crippen molar-refractivity contribution in [1.29, 1.82) is 0 Å². The van der Waals surface area contributed by atoms with E-state index in [2.05, 4.69) is 18.7 Å². The second-order valence-electron chi connectivity index (χ2n) is 8.76. The Bertz CT molecular complexity index is 1440. The van der Waals surface area contributed by atoms with Crippen molar-refractivity contribution in [1.82, 2.24) is 14.9 Å². The molecule has 3 aromatic heterocycles. The van der Waals surface area contributed by atoms with Gasteiger partial charge in [0.1, 0.15) is 22.0 Å². The van der Waals surface area contributed by atoms with Crippen LogP contribution in [-0.4, -0.2) is 41.2 Å². The number of nitrogens with zero attached hydrogens (tertiary/aromatic N) is 3. The van der Waals surface area contributed by atoms with E-state index in [9.17, 15) is 4.79 Å². The number of rotatable bonds is 4. The lowest BCUT2D eigenvalue weighted by molar-refractivity contribution is 0.0330. The summed E-state index contributed by atoms with van der Waals surface area (Å²) < 4.78 is 17.4. The van der Waals surface area contributed by atoms with Crippen molar-refractivity contribution >= 4 is 32.5 Å². The Morgan fingerprint density at radius 1 is 1.12 bits per heavy atom. The van der Waals surface area contributed by atoms with Crippen LogP contribution in [-0.2, 0) is 24.1 Å². The molecular weight excluding hydrogens is 438 g/mol. The van der Waals surface area contributed by atoms with Crippen molar-refractivity contribution in [2.45, 2.75) is 39.7 Å². The summed E-state index contributed by atoms with van der Waals surface area (Å²) in [5, 5.41) is 1.94. The van der Waals surface area contributed by atoms with Crippen LogP contribution in [0.3, 0.4) is 0 Å². The number of aryl methyl sites for hydroxylation is 3. The Hall–Kier alpha value is -2.81. The van der Waals surface area contributed by atoms with E-state index in [1.807, 2.05) is 12.1 Å². The van der Waals surface area contributed by atoms with Gasteiger partial charge in [0.05, 0.1) is 25.1 Å². The summed E-state index contributed by atoms with van der Waals surface area (Å²) in [5.74, 6) is 1.89. The topological polar surface area (TPSA) is 77.7 Å². The number of aromatic nitrogens is 2. The summed E-state index contributed by atoms with van der Waals surface area (Å²) >= 11 is 1.66. The van der Waals surface area contributed by atoms with Gasteiger partial charge in [-0.2, -0.15) is 4.98 Å². The van der Waals surface area contributed by atoms with Crippen LogP contribution >= 0.6 is 11.3 Å². The van der Waals surface area contributed by atoms with Gasteiger partial charge in [0.25, 0.3) is 0 Å². The molecule has 0 atom stereocenters. The molecule has 33 heavy (non-hydrogen) atoms. The number of benzene rings is 1. The van der Waals surface area contributed by atoms with Crippen LogP contribution in [0, 0.1) is 13.8 Å². The van der Waals surface area contributed by atoms with Crippen molar-refractivity contribution in [3.05, 3.63) is 56.0 Å². The van der Waals surface area contributed by atoms with Crippen molar-refractivity contribution in [3.8, 4) is 11.6 Å². The Kier molecular flexibility index (Phi) is 5.16. The van der Waals surface area contributed by atoms with Gasteiger partial charge in [-0.25, -0.2) is 9.78 Å². The molecule has 8 heteroatoms. The summed E-state index contributed by atoms with van der Waals surface area (Å²) in [4.78, 5) is 26.5. The fourth-order valence-corrected chi connectivity index (χ4v) is 5.84. The Morgan fingerprint density at radius 2 is 1.94 bits per heavy atom. The summed E-state index contributed by atoms with van der Waals surface area (Å²) in [6.45, 7) is 8.03. The zero-order valence-corrected chi connectivity index (χ0v) is 19.6. The van der Waals surface area contributed by atoms with Gasteiger partial charge in [-0.1, -0.05) is 0 Å². The lowest BCUT2D eigenvalue weighted by Crippen LogP contribution is -2.36. The monoisotopic (exact) mass is 463 g/mol. The largest absolute Gasteiger partial charge is 0.438 e. The summed E-state index contributed by atoms with van der Waals surface area (Å²) in [6, 6.07) is 5.74. The second kappa shape index (κ2) is 8.20. The van der Waals surface area contributed by atoms with Gasteiger partial charge in [-0.05, 0) is 56.4 Å². The quantitative estimate of drug-likeness (QED) is 0.412. The van der Waals surface area contributed by atoms with Gasteiger partial charge >= 0.3 is 5.63 Å². The highest BCUT2D eigenvalue weighted by Gasteiger charge is 2.21. The maximum Gasteiger partial charge on any atom is 0.339 e. The molecule has 0 radical (unpaired) electrons. The SMILES string of the molecule is Cc1sc2nc(CN3CCOCC3)nc(Oc3ccc4c5c(c(=O)oc4c3)CCC5)c2c1C. The van der Waals surface area contributed by atoms with E-state index in [1.165, 1.54) is 4.88 Å². The molecule has 0 bridgehead atoms. The normalized spacial score (nSPS) is 16.5. The molecule has 2 aliphatic rings. The Balaban J connectivity index is 1.40. The molecule has 0 unspecified atom stereocenters. The van der Waals surface area contributed by atoms with E-state index in [0.717, 1.165) is 83.7 Å². The zero-order chi connectivity index (χ0) is 22.5. The number of fused-ring (bicyclic) bond motifs is 4. The molecule has 170 valence electrons. The van der Waals surface area contributed by atoms with Gasteiger partial charge in [0, 0.05) is 35.0 Å². The summed E-state index contributed by atoms with van der Waals surface area (Å²) in [7, 11) is 0. The highest BCUT2D eigenvalue weighted by Crippen LogP contribution is 2.37. The first-order valence-electron chi connectivity index (χ1n) is 11.4. The molecule has 1 fully saturated rings. The van der Waals surface area contributed by atoms with Gasteiger partial charge < -0.3 is 13.9 Å². The maximum absolute atomic E-state index is 12.4. The third-order valence-corrected chi connectivity index (χ3v) is 7.77. The predicted molar refractivity (Wildman–Crippen MR) is 128 cm³/mol. The van der Waals surface area contributed by atoms with Crippen LogP contribution in [0.1, 0.15) is 33.8 Å². The first kappa shape index (κ1) is 20.8. The minimum Gasteiger partial charge on any atom is -0.438 e. The molecular formula is C25H25N3O4S. The van der Waals surface area contributed by atoms with Crippen molar-refractivity contribution in [2.24, 2.45) is 0 Å². The number of thiophene rings is 1. The van der Waals surface area contributed by atoms with Crippen molar-refractivity contribution in [2.75, 3.05) is 26.3 Å². The number of hydrogen-bond acceptors (Lipinski definition) is 8. The van der Waals surface area contributed by atoms with Crippen LogP contribution in [0.2, 0.25) is 0 Å². The molecule has 1 saturated heterocycles. The Labute approximate surface area is 195 Å². The molecule has 0 saturated carbocycles. The highest BCUT2D eigenvalue weighted by atomic mass is 32.1. The average molecular weight is 464 g/mol. The second-order valence-corrected chi connectivity index (χ2v) is 9.96. The van der Waals surface area contributed by atoms with Gasteiger partial charge in [-0.15, -0.1) is 11.3 Å². The minimum absolute atomic E-state index is 0.228. The lowest BCUT2D eigenvalue weighted by Gasteiger charge is -2.25. The van der Waals surface area contributed by atoms with E-state index in [4.69, 9.17) is 23.9 Å². The summed E-state index contributed by atoms with van der Waals surface area (Å²) in [5.41, 5.74) is 3.41. The van der Waals surface area contributed by atoms with Gasteiger partial charge in [-0.3, -0.25) is 4.90 Å².